The fraction of sp³-hybridized carbons (Fsp3) is 0.524. The largest absolute Gasteiger partial charge is 0.416 e. The van der Waals surface area contributed by atoms with Crippen LogP contribution in [0, 0.1) is 5.92 Å². The number of aliphatic hydroxyl groups excluding tert-OH is 1. The third kappa shape index (κ3) is 7.10. The molecule has 17 heteroatoms. The number of carbonyl (C=O) groups excluding carboxylic acids is 1. The summed E-state index contributed by atoms with van der Waals surface area (Å²) < 4.78 is 103. The Morgan fingerprint density at radius 3 is 2.32 bits per heavy atom. The number of nitrogens with zero attached hydrogens (tertiary/aromatic N) is 1. The molecule has 1 aromatic carbocycles. The van der Waals surface area contributed by atoms with Gasteiger partial charge in [-0.2, -0.15) is 31.1 Å². The molecule has 3 rings (SSSR count). The lowest BCUT2D eigenvalue weighted by atomic mass is 9.82. The zero-order valence-corrected chi connectivity index (χ0v) is 22.5. The first kappa shape index (κ1) is 30.9. The Labute approximate surface area is 227 Å². The number of rotatable bonds is 9. The van der Waals surface area contributed by atoms with E-state index < -0.39 is 56.9 Å². The summed E-state index contributed by atoms with van der Waals surface area (Å²) in [6.07, 6.45) is -9.43. The molecule has 1 fully saturated rings. The van der Waals surface area contributed by atoms with Crippen molar-refractivity contribution in [2.24, 2.45) is 5.92 Å². The number of benzene rings is 1. The van der Waals surface area contributed by atoms with E-state index in [9.17, 15) is 39.6 Å². The van der Waals surface area contributed by atoms with E-state index in [-0.39, 0.29) is 21.5 Å². The molecule has 0 saturated heterocycles. The van der Waals surface area contributed by atoms with Gasteiger partial charge in [-0.3, -0.25) is 4.79 Å². The second kappa shape index (κ2) is 11.5. The van der Waals surface area contributed by atoms with Crippen LogP contribution >= 0.6 is 34.5 Å². The summed E-state index contributed by atoms with van der Waals surface area (Å²) in [5.74, 6) is -0.757. The van der Waals surface area contributed by atoms with Gasteiger partial charge in [-0.1, -0.05) is 48.5 Å². The lowest BCUT2D eigenvalue weighted by Gasteiger charge is -2.24. The number of hydrogen-bond acceptors (Lipinski definition) is 6. The molecule has 1 aromatic heterocycles. The van der Waals surface area contributed by atoms with Crippen LogP contribution in [-0.2, 0) is 16.4 Å². The van der Waals surface area contributed by atoms with Crippen molar-refractivity contribution in [3.05, 3.63) is 32.9 Å². The molecule has 0 bridgehead atoms. The molecule has 1 amide bonds. The number of carbonyl (C=O) groups is 1. The van der Waals surface area contributed by atoms with Crippen molar-refractivity contribution >= 4 is 50.5 Å². The van der Waals surface area contributed by atoms with Crippen molar-refractivity contribution in [3.63, 3.8) is 0 Å². The average Bonchev–Trinajstić information content (AvgIpc) is 3.18. The molecular formula is C21H21Cl2F6N3O4S2. The highest BCUT2D eigenvalue weighted by Gasteiger charge is 2.40. The van der Waals surface area contributed by atoms with E-state index in [1.165, 1.54) is 10.8 Å². The zero-order chi connectivity index (χ0) is 28.6. The smallest absolute Gasteiger partial charge is 0.382 e. The van der Waals surface area contributed by atoms with Crippen LogP contribution in [0.3, 0.4) is 0 Å². The van der Waals surface area contributed by atoms with Crippen LogP contribution in [0.1, 0.15) is 41.7 Å². The van der Waals surface area contributed by atoms with E-state index in [2.05, 4.69) is 4.98 Å². The Balaban J connectivity index is 1.96. The number of sulfonamides is 1. The molecule has 0 radical (unpaired) electrons. The maximum Gasteiger partial charge on any atom is 0.416 e. The van der Waals surface area contributed by atoms with Gasteiger partial charge in [0, 0.05) is 5.56 Å². The Morgan fingerprint density at radius 2 is 1.79 bits per heavy atom. The van der Waals surface area contributed by atoms with Gasteiger partial charge in [0.05, 0.1) is 27.2 Å². The Bertz CT molecular complexity index is 1300. The fourth-order valence-corrected chi connectivity index (χ4v) is 6.62. The number of amides is 1. The molecule has 7 nitrogen and oxygen atoms in total. The first-order chi connectivity index (χ1) is 17.4. The number of hydrogen-bond donors (Lipinski definition) is 3. The van der Waals surface area contributed by atoms with Crippen LogP contribution in [-0.4, -0.2) is 55.5 Å². The number of thiazole rings is 1. The summed E-state index contributed by atoms with van der Waals surface area (Å²) >= 11 is 13.3. The Morgan fingerprint density at radius 1 is 1.16 bits per heavy atom. The van der Waals surface area contributed by atoms with Crippen molar-refractivity contribution in [3.8, 4) is 10.4 Å². The second-order valence-corrected chi connectivity index (χ2v) is 12.1. The van der Waals surface area contributed by atoms with Crippen molar-refractivity contribution in [1.82, 2.24) is 15.0 Å². The van der Waals surface area contributed by atoms with Crippen molar-refractivity contribution < 1.29 is 44.7 Å². The van der Waals surface area contributed by atoms with Gasteiger partial charge in [0.2, 0.25) is 10.0 Å². The fourth-order valence-electron chi connectivity index (χ4n) is 3.43. The van der Waals surface area contributed by atoms with Crippen LogP contribution in [0.4, 0.5) is 26.3 Å². The average molecular weight is 628 g/mol. The van der Waals surface area contributed by atoms with Gasteiger partial charge in [0.25, 0.3) is 5.91 Å². The molecule has 0 spiro atoms. The molecular weight excluding hydrogens is 607 g/mol. The minimum absolute atomic E-state index is 0.140. The van der Waals surface area contributed by atoms with E-state index in [4.69, 9.17) is 28.3 Å². The summed E-state index contributed by atoms with van der Waals surface area (Å²) in [6.45, 7) is -0.483. The molecule has 0 unspecified atom stereocenters. The van der Waals surface area contributed by atoms with E-state index in [1.54, 1.807) is 0 Å². The SMILES string of the molecule is C[C@H](NS(=O)(=O)c1ccc(-c2sc(C(=O)NC[C@H](O)C(F)(F)F)nc2CC2CCC2)c(Cl)c1Cl)C(F)(F)F. The van der Waals surface area contributed by atoms with Gasteiger partial charge in [-0.25, -0.2) is 13.4 Å². The van der Waals surface area contributed by atoms with Crippen LogP contribution in [0.15, 0.2) is 17.0 Å². The summed E-state index contributed by atoms with van der Waals surface area (Å²) in [5.41, 5.74) is 0.513. The molecule has 38 heavy (non-hydrogen) atoms. The minimum atomic E-state index is -4.93. The normalized spacial score (nSPS) is 16.7. The first-order valence-electron chi connectivity index (χ1n) is 11.0. The van der Waals surface area contributed by atoms with E-state index in [1.807, 2.05) is 5.32 Å². The summed E-state index contributed by atoms with van der Waals surface area (Å²) in [4.78, 5) is 16.3. The molecule has 1 aliphatic rings. The van der Waals surface area contributed by atoms with Crippen LogP contribution in [0.5, 0.6) is 0 Å². The number of halogens is 8. The molecule has 2 atom stereocenters. The molecule has 0 aliphatic heterocycles. The third-order valence-corrected chi connectivity index (χ3v) is 9.54. The van der Waals surface area contributed by atoms with Crippen molar-refractivity contribution in [2.75, 3.05) is 6.54 Å². The first-order valence-corrected chi connectivity index (χ1v) is 14.1. The molecule has 212 valence electrons. The molecule has 1 saturated carbocycles. The standard InChI is InChI=1S/C21H21Cl2F6N3O4S2/c1-9(20(24,25)26)32-38(35,36)13-6-5-11(15(22)16(13)23)17-12(7-10-3-2-4-10)31-19(37-17)18(34)30-8-14(33)21(27,28)29/h5-6,9-10,14,32-33H,2-4,7-8H2,1H3,(H,30,34)/t9-,14-/m0/s1. The molecule has 3 N–H and O–H groups in total. The van der Waals surface area contributed by atoms with Crippen LogP contribution in [0.2, 0.25) is 10.0 Å². The number of alkyl halides is 6. The topological polar surface area (TPSA) is 108 Å². The maximum absolute atomic E-state index is 12.9. The Hall–Kier alpha value is -1.65. The van der Waals surface area contributed by atoms with Crippen molar-refractivity contribution in [2.45, 2.75) is 62.0 Å². The molecule has 2 aromatic rings. The predicted molar refractivity (Wildman–Crippen MR) is 129 cm³/mol. The minimum Gasteiger partial charge on any atom is -0.382 e. The number of aromatic nitrogens is 1. The van der Waals surface area contributed by atoms with Gasteiger partial charge < -0.3 is 10.4 Å². The van der Waals surface area contributed by atoms with Gasteiger partial charge in [0.15, 0.2) is 11.1 Å². The van der Waals surface area contributed by atoms with Crippen LogP contribution in [0.25, 0.3) is 10.4 Å². The summed E-state index contributed by atoms with van der Waals surface area (Å²) in [6, 6.07) is -0.246. The monoisotopic (exact) mass is 627 g/mol. The van der Waals surface area contributed by atoms with Crippen LogP contribution < -0.4 is 10.0 Å². The predicted octanol–water partition coefficient (Wildman–Crippen LogP) is 5.34. The third-order valence-electron chi connectivity index (χ3n) is 5.84. The quantitative estimate of drug-likeness (QED) is 0.325. The van der Waals surface area contributed by atoms with Gasteiger partial charge >= 0.3 is 12.4 Å². The number of aliphatic hydroxyl groups is 1. The molecule has 1 heterocycles. The summed E-state index contributed by atoms with van der Waals surface area (Å²) in [5, 5.41) is 9.98. The molecule has 1 aliphatic carbocycles. The van der Waals surface area contributed by atoms with Gasteiger partial charge in [-0.15, -0.1) is 11.3 Å². The Kier molecular flexibility index (Phi) is 9.31. The highest BCUT2D eigenvalue weighted by atomic mass is 35.5. The lowest BCUT2D eigenvalue weighted by Crippen LogP contribution is -2.43. The summed E-state index contributed by atoms with van der Waals surface area (Å²) in [7, 11) is -4.73. The van der Waals surface area contributed by atoms with E-state index >= 15 is 0 Å². The highest BCUT2D eigenvalue weighted by molar-refractivity contribution is 7.89. The van der Waals surface area contributed by atoms with Gasteiger partial charge in [0.1, 0.15) is 10.9 Å². The van der Waals surface area contributed by atoms with Crippen molar-refractivity contribution in [1.29, 1.82) is 0 Å². The van der Waals surface area contributed by atoms with E-state index in [0.717, 1.165) is 36.7 Å². The second-order valence-electron chi connectivity index (χ2n) is 8.69. The van der Waals surface area contributed by atoms with Gasteiger partial charge in [-0.05, 0) is 25.3 Å². The maximum atomic E-state index is 12.9. The zero-order valence-electron chi connectivity index (χ0n) is 19.4. The number of nitrogens with one attached hydrogen (secondary N) is 2. The van der Waals surface area contributed by atoms with E-state index in [0.29, 0.717) is 23.9 Å². The lowest BCUT2D eigenvalue weighted by molar-refractivity contribution is -0.201. The highest BCUT2D eigenvalue weighted by Crippen LogP contribution is 2.43.